The number of benzene rings is 2. The molecule has 33 heavy (non-hydrogen) atoms. The number of carbonyl (C=O) groups is 2. The molecule has 0 saturated carbocycles. The van der Waals surface area contributed by atoms with Crippen LogP contribution in [0.2, 0.25) is 0 Å². The van der Waals surface area contributed by atoms with Crippen LogP contribution in [-0.2, 0) is 11.4 Å². The molecule has 7 heteroatoms. The molecule has 174 valence electrons. The van der Waals surface area contributed by atoms with Gasteiger partial charge in [0.1, 0.15) is 18.1 Å². The van der Waals surface area contributed by atoms with E-state index in [-0.39, 0.29) is 17.6 Å². The van der Waals surface area contributed by atoms with Gasteiger partial charge in [0.15, 0.2) is 5.76 Å². The lowest BCUT2D eigenvalue weighted by Gasteiger charge is -2.09. The van der Waals surface area contributed by atoms with Gasteiger partial charge in [-0.1, -0.05) is 30.3 Å². The van der Waals surface area contributed by atoms with Crippen LogP contribution in [-0.4, -0.2) is 31.5 Å². The Hall–Kier alpha value is -3.74. The predicted octanol–water partition coefficient (Wildman–Crippen LogP) is 4.34. The number of rotatable bonds is 14. The van der Waals surface area contributed by atoms with Gasteiger partial charge in [0.25, 0.3) is 5.91 Å². The van der Waals surface area contributed by atoms with Gasteiger partial charge in [0.2, 0.25) is 5.91 Å². The van der Waals surface area contributed by atoms with E-state index in [4.69, 9.17) is 13.9 Å². The largest absolute Gasteiger partial charge is 0.494 e. The molecular formula is C26H30N2O5. The highest BCUT2D eigenvalue weighted by molar-refractivity contribution is 5.91. The van der Waals surface area contributed by atoms with Gasteiger partial charge in [-0.25, -0.2) is 0 Å². The lowest BCUT2D eigenvalue weighted by Crippen LogP contribution is -2.28. The average molecular weight is 451 g/mol. The third-order valence-electron chi connectivity index (χ3n) is 4.85. The fourth-order valence-electron chi connectivity index (χ4n) is 3.05. The topological polar surface area (TPSA) is 89.8 Å². The van der Waals surface area contributed by atoms with Gasteiger partial charge >= 0.3 is 0 Å². The normalized spacial score (nSPS) is 10.4. The Balaban J connectivity index is 1.18. The van der Waals surface area contributed by atoms with Gasteiger partial charge in [-0.3, -0.25) is 9.59 Å². The van der Waals surface area contributed by atoms with E-state index in [2.05, 4.69) is 10.6 Å². The molecule has 0 atom stereocenters. The van der Waals surface area contributed by atoms with E-state index in [1.807, 2.05) is 54.6 Å². The molecule has 3 rings (SSSR count). The van der Waals surface area contributed by atoms with Gasteiger partial charge < -0.3 is 24.5 Å². The van der Waals surface area contributed by atoms with Crippen LogP contribution in [0.25, 0.3) is 0 Å². The summed E-state index contributed by atoms with van der Waals surface area (Å²) in [7, 11) is 0. The number of hydrogen-bond donors (Lipinski definition) is 2. The van der Waals surface area contributed by atoms with E-state index in [1.54, 1.807) is 12.1 Å². The highest BCUT2D eigenvalue weighted by Crippen LogP contribution is 2.19. The van der Waals surface area contributed by atoms with Gasteiger partial charge in [0, 0.05) is 19.5 Å². The summed E-state index contributed by atoms with van der Waals surface area (Å²) in [5, 5.41) is 5.61. The van der Waals surface area contributed by atoms with Crippen LogP contribution in [0, 0.1) is 0 Å². The SMILES string of the molecule is O=C(CCCNC(=O)c1ccco1)NCCCCOc1ccc(OCc2ccccc2)cc1. The third-order valence-corrected chi connectivity index (χ3v) is 4.85. The summed E-state index contributed by atoms with van der Waals surface area (Å²) in [6.07, 6.45) is 4.07. The van der Waals surface area contributed by atoms with Crippen LogP contribution in [0.5, 0.6) is 11.5 Å². The van der Waals surface area contributed by atoms with Gasteiger partial charge in [-0.2, -0.15) is 0 Å². The maximum absolute atomic E-state index is 11.9. The number of unbranched alkanes of at least 4 members (excludes halogenated alkanes) is 1. The number of carbonyl (C=O) groups excluding carboxylic acids is 2. The number of nitrogens with one attached hydrogen (secondary N) is 2. The molecule has 7 nitrogen and oxygen atoms in total. The van der Waals surface area contributed by atoms with Crippen molar-refractivity contribution in [2.75, 3.05) is 19.7 Å². The van der Waals surface area contributed by atoms with E-state index in [0.29, 0.717) is 39.1 Å². The molecule has 2 amide bonds. The summed E-state index contributed by atoms with van der Waals surface area (Å²) < 4.78 is 16.5. The van der Waals surface area contributed by atoms with Crippen molar-refractivity contribution in [2.45, 2.75) is 32.3 Å². The van der Waals surface area contributed by atoms with Crippen molar-refractivity contribution in [1.82, 2.24) is 10.6 Å². The van der Waals surface area contributed by atoms with Crippen molar-refractivity contribution in [1.29, 1.82) is 0 Å². The first kappa shape index (κ1) is 23.9. The zero-order chi connectivity index (χ0) is 23.1. The molecule has 2 N–H and O–H groups in total. The minimum Gasteiger partial charge on any atom is -0.494 e. The van der Waals surface area contributed by atoms with Crippen molar-refractivity contribution < 1.29 is 23.5 Å². The van der Waals surface area contributed by atoms with Crippen molar-refractivity contribution >= 4 is 11.8 Å². The Kier molecular flexibility index (Phi) is 9.87. The lowest BCUT2D eigenvalue weighted by molar-refractivity contribution is -0.121. The molecule has 1 aromatic heterocycles. The summed E-state index contributed by atoms with van der Waals surface area (Å²) in [4.78, 5) is 23.6. The maximum Gasteiger partial charge on any atom is 0.286 e. The second-order valence-electron chi connectivity index (χ2n) is 7.49. The van der Waals surface area contributed by atoms with Crippen LogP contribution in [0.1, 0.15) is 41.8 Å². The van der Waals surface area contributed by atoms with Gasteiger partial charge in [-0.15, -0.1) is 0 Å². The molecule has 0 aliphatic rings. The molecule has 0 aliphatic heterocycles. The van der Waals surface area contributed by atoms with Gasteiger partial charge in [0.05, 0.1) is 12.9 Å². The van der Waals surface area contributed by atoms with Gasteiger partial charge in [-0.05, 0) is 61.2 Å². The first-order chi connectivity index (χ1) is 16.2. The first-order valence-electron chi connectivity index (χ1n) is 11.2. The molecule has 0 radical (unpaired) electrons. The molecule has 0 bridgehead atoms. The monoisotopic (exact) mass is 450 g/mol. The smallest absolute Gasteiger partial charge is 0.286 e. The molecule has 0 aliphatic carbocycles. The Labute approximate surface area is 194 Å². The number of hydrogen-bond acceptors (Lipinski definition) is 5. The van der Waals surface area contributed by atoms with Crippen molar-refractivity contribution in [3.8, 4) is 11.5 Å². The Morgan fingerprint density at radius 2 is 1.48 bits per heavy atom. The van der Waals surface area contributed by atoms with E-state index < -0.39 is 0 Å². The zero-order valence-corrected chi connectivity index (χ0v) is 18.6. The summed E-state index contributed by atoms with van der Waals surface area (Å²) >= 11 is 0. The summed E-state index contributed by atoms with van der Waals surface area (Å²) in [6, 6.07) is 20.9. The minimum atomic E-state index is -0.269. The van der Waals surface area contributed by atoms with Crippen LogP contribution in [0.3, 0.4) is 0 Å². The van der Waals surface area contributed by atoms with E-state index >= 15 is 0 Å². The zero-order valence-electron chi connectivity index (χ0n) is 18.6. The Bertz CT molecular complexity index is 956. The van der Waals surface area contributed by atoms with Crippen LogP contribution in [0.4, 0.5) is 0 Å². The summed E-state index contributed by atoms with van der Waals surface area (Å²) in [5.41, 5.74) is 1.13. The Morgan fingerprint density at radius 3 is 2.21 bits per heavy atom. The van der Waals surface area contributed by atoms with Crippen LogP contribution >= 0.6 is 0 Å². The Morgan fingerprint density at radius 1 is 0.758 bits per heavy atom. The highest BCUT2D eigenvalue weighted by atomic mass is 16.5. The fourth-order valence-corrected chi connectivity index (χ4v) is 3.05. The molecular weight excluding hydrogens is 420 g/mol. The second-order valence-corrected chi connectivity index (χ2v) is 7.49. The second kappa shape index (κ2) is 13.6. The summed E-state index contributed by atoms with van der Waals surface area (Å²) in [5.74, 6) is 1.58. The standard InChI is InChI=1S/C26H30N2O5/c29-25(11-6-17-28-26(30)24-10-7-19-32-24)27-16-4-5-18-31-22-12-14-23(15-13-22)33-20-21-8-2-1-3-9-21/h1-3,7-10,12-15,19H,4-6,11,16-18,20H2,(H,27,29)(H,28,30). The molecule has 3 aromatic rings. The number of furan rings is 1. The van der Waals surface area contributed by atoms with Crippen LogP contribution in [0.15, 0.2) is 77.4 Å². The van der Waals surface area contributed by atoms with Crippen LogP contribution < -0.4 is 20.1 Å². The van der Waals surface area contributed by atoms with E-state index in [0.717, 1.165) is 29.9 Å². The van der Waals surface area contributed by atoms with E-state index in [1.165, 1.54) is 6.26 Å². The fraction of sp³-hybridized carbons (Fsp3) is 0.308. The average Bonchev–Trinajstić information content (AvgIpc) is 3.39. The molecule has 2 aromatic carbocycles. The van der Waals surface area contributed by atoms with E-state index in [9.17, 15) is 9.59 Å². The van der Waals surface area contributed by atoms with Crippen molar-refractivity contribution in [3.05, 3.63) is 84.3 Å². The third kappa shape index (κ3) is 9.11. The maximum atomic E-state index is 11.9. The molecule has 0 saturated heterocycles. The van der Waals surface area contributed by atoms with Crippen molar-refractivity contribution in [2.24, 2.45) is 0 Å². The molecule has 1 heterocycles. The number of amides is 2. The molecule has 0 spiro atoms. The first-order valence-corrected chi connectivity index (χ1v) is 11.2. The molecule has 0 unspecified atom stereocenters. The minimum absolute atomic E-state index is 0.0192. The molecule has 0 fully saturated rings. The quantitative estimate of drug-likeness (QED) is 0.357. The van der Waals surface area contributed by atoms with Crippen molar-refractivity contribution in [3.63, 3.8) is 0 Å². The predicted molar refractivity (Wildman–Crippen MR) is 125 cm³/mol. The number of ether oxygens (including phenoxy) is 2. The highest BCUT2D eigenvalue weighted by Gasteiger charge is 2.07. The summed E-state index contributed by atoms with van der Waals surface area (Å²) in [6.45, 7) is 2.15. The lowest BCUT2D eigenvalue weighted by atomic mass is 10.2.